The molecule has 0 aliphatic heterocycles. The van der Waals surface area contributed by atoms with Gasteiger partial charge in [0.05, 0.1) is 11.8 Å². The molecule has 0 spiro atoms. The van der Waals surface area contributed by atoms with Crippen LogP contribution in [0.3, 0.4) is 0 Å². The average Bonchev–Trinajstić information content (AvgIpc) is 3.50. The molecule has 5 saturated carbocycles. The minimum absolute atomic E-state index is 0.0536. The summed E-state index contributed by atoms with van der Waals surface area (Å²) in [7, 11) is 0. The third-order valence-corrected chi connectivity index (χ3v) is 17.4. The van der Waals surface area contributed by atoms with E-state index < -0.39 is 5.60 Å². The lowest BCUT2D eigenvalue weighted by atomic mass is 9.32. The standard InChI is InChI=1S/C48H79NO6/c1-33(2)35-22-27-48(42(53)49-30-18-16-14-12-11-13-15-17-19-34(3)51)29-28-46(9)36(41(35)48)20-21-38-45(8)25-24-39(55-40(52)31-43(4,5)54-32-50)44(6,7)37(45)23-26-47(38,46)10/h32,35-39,41H,1,11-31H2,2-10H3,(H,49,53)/t35-,36+,37-,38+,39-,41+,45-,46+,47+,48-/m0/s1. The molecule has 0 aromatic carbocycles. The predicted molar refractivity (Wildman–Crippen MR) is 220 cm³/mol. The predicted octanol–water partition coefficient (Wildman–Crippen LogP) is 11.1. The summed E-state index contributed by atoms with van der Waals surface area (Å²) in [6.45, 7) is 25.7. The summed E-state index contributed by atoms with van der Waals surface area (Å²) in [5.41, 5.74) is 0.418. The van der Waals surface area contributed by atoms with Crippen LogP contribution in [0.15, 0.2) is 12.2 Å². The number of nitrogens with one attached hydrogen (secondary N) is 1. The number of hydrogen-bond donors (Lipinski definition) is 1. The molecule has 10 atom stereocenters. The maximum atomic E-state index is 14.5. The zero-order valence-electron chi connectivity index (χ0n) is 36.5. The van der Waals surface area contributed by atoms with E-state index in [0.717, 1.165) is 83.6 Å². The van der Waals surface area contributed by atoms with Gasteiger partial charge in [0.2, 0.25) is 5.91 Å². The number of unbranched alkanes of at least 4 members (excludes halogenated alkanes) is 7. The third-order valence-electron chi connectivity index (χ3n) is 17.4. The van der Waals surface area contributed by atoms with Gasteiger partial charge in [0.25, 0.3) is 6.47 Å². The third kappa shape index (κ3) is 8.39. The van der Waals surface area contributed by atoms with Crippen molar-refractivity contribution in [1.29, 1.82) is 0 Å². The topological polar surface area (TPSA) is 98.8 Å². The first-order valence-electron chi connectivity index (χ1n) is 22.5. The number of fused-ring (bicyclic) bond motifs is 7. The Morgan fingerprint density at radius 3 is 2.05 bits per heavy atom. The van der Waals surface area contributed by atoms with Crippen LogP contribution in [0.5, 0.6) is 0 Å². The Kier molecular flexibility index (Phi) is 13.6. The number of rotatable bonds is 18. The maximum absolute atomic E-state index is 14.5. The fraction of sp³-hybridized carbons (Fsp3) is 0.875. The molecule has 0 radical (unpaired) electrons. The summed E-state index contributed by atoms with van der Waals surface area (Å²) >= 11 is 0. The molecule has 0 aromatic heterocycles. The zero-order chi connectivity index (χ0) is 40.5. The Balaban J connectivity index is 1.25. The zero-order valence-corrected chi connectivity index (χ0v) is 36.5. The lowest BCUT2D eigenvalue weighted by molar-refractivity contribution is -0.249. The first kappa shape index (κ1) is 43.9. The number of amides is 1. The van der Waals surface area contributed by atoms with Gasteiger partial charge in [-0.2, -0.15) is 0 Å². The van der Waals surface area contributed by atoms with Crippen LogP contribution < -0.4 is 5.32 Å². The van der Waals surface area contributed by atoms with Crippen LogP contribution in [0.1, 0.15) is 191 Å². The van der Waals surface area contributed by atoms with Crippen LogP contribution in [-0.2, 0) is 28.7 Å². The summed E-state index contributed by atoms with van der Waals surface area (Å²) in [6.07, 6.45) is 20.7. The first-order chi connectivity index (χ1) is 25.8. The summed E-state index contributed by atoms with van der Waals surface area (Å²) in [5, 5.41) is 3.51. The average molecular weight is 766 g/mol. The van der Waals surface area contributed by atoms with Crippen molar-refractivity contribution < 1.29 is 28.7 Å². The van der Waals surface area contributed by atoms with E-state index in [-0.39, 0.29) is 45.6 Å². The first-order valence-corrected chi connectivity index (χ1v) is 22.5. The number of ketones is 1. The van der Waals surface area contributed by atoms with Crippen LogP contribution >= 0.6 is 0 Å². The SMILES string of the molecule is C=C(C)[C@@H]1CC[C@]2(C(=O)NCCCCCCCCCCC(C)=O)CC[C@]3(C)[C@H](CC[C@@H]4[C@@]5(C)CC[C@H](OC(=O)CC(C)(C)OC=O)C(C)(C)[C@@H]5CC[C@]43C)[C@@H]12. The second-order valence-corrected chi connectivity index (χ2v) is 21.4. The van der Waals surface area contributed by atoms with Gasteiger partial charge in [-0.3, -0.25) is 14.4 Å². The van der Waals surface area contributed by atoms with Gasteiger partial charge in [-0.05, 0) is 151 Å². The molecule has 1 amide bonds. The van der Waals surface area contributed by atoms with Crippen molar-refractivity contribution >= 4 is 24.1 Å². The van der Waals surface area contributed by atoms with E-state index in [9.17, 15) is 19.2 Å². The largest absolute Gasteiger partial charge is 0.462 e. The van der Waals surface area contributed by atoms with E-state index in [0.29, 0.717) is 47.8 Å². The van der Waals surface area contributed by atoms with Crippen molar-refractivity contribution in [3.8, 4) is 0 Å². The van der Waals surface area contributed by atoms with Gasteiger partial charge in [0.15, 0.2) is 0 Å². The van der Waals surface area contributed by atoms with E-state index in [1.807, 2.05) is 0 Å². The molecular weight excluding hydrogens is 687 g/mol. The van der Waals surface area contributed by atoms with Crippen molar-refractivity contribution in [2.24, 2.45) is 56.7 Å². The van der Waals surface area contributed by atoms with Gasteiger partial charge in [0, 0.05) is 18.4 Å². The number of hydrogen-bond acceptors (Lipinski definition) is 6. The highest BCUT2D eigenvalue weighted by Gasteiger charge is 2.72. The molecule has 1 N–H and O–H groups in total. The van der Waals surface area contributed by atoms with E-state index in [4.69, 9.17) is 9.47 Å². The summed E-state index contributed by atoms with van der Waals surface area (Å²) in [6, 6.07) is 0. The molecule has 0 unspecified atom stereocenters. The van der Waals surface area contributed by atoms with Crippen molar-refractivity contribution in [3.63, 3.8) is 0 Å². The van der Waals surface area contributed by atoms with Gasteiger partial charge in [-0.25, -0.2) is 0 Å². The van der Waals surface area contributed by atoms with Gasteiger partial charge >= 0.3 is 5.97 Å². The van der Waals surface area contributed by atoms with Gasteiger partial charge in [0.1, 0.15) is 17.5 Å². The number of ether oxygens (including phenoxy) is 2. The molecule has 0 heterocycles. The lowest BCUT2D eigenvalue weighted by Gasteiger charge is -2.72. The molecule has 0 saturated heterocycles. The molecule has 5 aliphatic carbocycles. The van der Waals surface area contributed by atoms with Crippen molar-refractivity contribution in [3.05, 3.63) is 12.2 Å². The quantitative estimate of drug-likeness (QED) is 0.0646. The minimum atomic E-state index is -0.882. The Labute approximate surface area is 335 Å². The molecule has 312 valence electrons. The van der Waals surface area contributed by atoms with Crippen LogP contribution in [0, 0.1) is 56.7 Å². The number of esters is 1. The molecule has 7 heteroatoms. The van der Waals surface area contributed by atoms with Crippen molar-refractivity contribution in [2.45, 2.75) is 202 Å². The molecule has 5 fully saturated rings. The van der Waals surface area contributed by atoms with Crippen molar-refractivity contribution in [1.82, 2.24) is 5.32 Å². The van der Waals surface area contributed by atoms with Gasteiger partial charge < -0.3 is 19.6 Å². The highest BCUT2D eigenvalue weighted by Crippen LogP contribution is 2.77. The van der Waals surface area contributed by atoms with Gasteiger partial charge in [-0.15, -0.1) is 0 Å². The van der Waals surface area contributed by atoms with Gasteiger partial charge in [-0.1, -0.05) is 85.3 Å². The number of allylic oxidation sites excluding steroid dienone is 1. The van der Waals surface area contributed by atoms with E-state index >= 15 is 0 Å². The van der Waals surface area contributed by atoms with Crippen LogP contribution in [0.2, 0.25) is 0 Å². The fourth-order valence-corrected chi connectivity index (χ4v) is 14.4. The van der Waals surface area contributed by atoms with E-state index in [1.54, 1.807) is 20.8 Å². The Morgan fingerprint density at radius 2 is 1.42 bits per heavy atom. The minimum Gasteiger partial charge on any atom is -0.462 e. The molecule has 0 bridgehead atoms. The highest BCUT2D eigenvalue weighted by atomic mass is 16.6. The van der Waals surface area contributed by atoms with Crippen LogP contribution in [-0.4, -0.2) is 42.4 Å². The number of carbonyl (C=O) groups excluding carboxylic acids is 4. The van der Waals surface area contributed by atoms with E-state index in [2.05, 4.69) is 53.4 Å². The Morgan fingerprint density at radius 1 is 0.764 bits per heavy atom. The van der Waals surface area contributed by atoms with E-state index in [1.165, 1.54) is 50.5 Å². The smallest absolute Gasteiger partial charge is 0.310 e. The molecule has 7 nitrogen and oxygen atoms in total. The molecule has 5 aliphatic rings. The Hall–Kier alpha value is -2.18. The Bertz CT molecular complexity index is 1420. The number of carbonyl (C=O) groups is 4. The summed E-state index contributed by atoms with van der Waals surface area (Å²) < 4.78 is 11.4. The molecule has 5 rings (SSSR count). The van der Waals surface area contributed by atoms with Crippen LogP contribution in [0.4, 0.5) is 0 Å². The summed E-state index contributed by atoms with van der Waals surface area (Å²) in [5.74, 6) is 2.65. The fourth-order valence-electron chi connectivity index (χ4n) is 14.4. The maximum Gasteiger partial charge on any atom is 0.310 e. The lowest BCUT2D eigenvalue weighted by Crippen LogP contribution is -2.67. The number of Topliss-reactive ketones (excluding diaryl/α,β-unsaturated/α-hetero) is 1. The second kappa shape index (κ2) is 17.0. The summed E-state index contributed by atoms with van der Waals surface area (Å²) in [4.78, 5) is 49.8. The second-order valence-electron chi connectivity index (χ2n) is 21.4. The monoisotopic (exact) mass is 766 g/mol. The van der Waals surface area contributed by atoms with Crippen molar-refractivity contribution in [2.75, 3.05) is 6.54 Å². The molecule has 0 aromatic rings. The molecule has 55 heavy (non-hydrogen) atoms. The van der Waals surface area contributed by atoms with Crippen LogP contribution in [0.25, 0.3) is 0 Å². The normalized spacial score (nSPS) is 37.7. The highest BCUT2D eigenvalue weighted by molar-refractivity contribution is 5.84. The molecular formula is C48H79NO6.